The molecule has 0 aromatic heterocycles. The molecule has 2 rings (SSSR count). The fourth-order valence-corrected chi connectivity index (χ4v) is 3.83. The third kappa shape index (κ3) is 6.79. The lowest BCUT2D eigenvalue weighted by Crippen LogP contribution is -2.12. The monoisotopic (exact) mass is 461 g/mol. The van der Waals surface area contributed by atoms with E-state index in [1.54, 1.807) is 14.2 Å². The number of hydrogen-bond acceptors (Lipinski definition) is 3. The van der Waals surface area contributed by atoms with Crippen molar-refractivity contribution in [2.24, 2.45) is 5.92 Å². The van der Waals surface area contributed by atoms with Crippen LogP contribution in [-0.2, 0) is 0 Å². The lowest BCUT2D eigenvalue weighted by molar-refractivity contribution is 0.389. The molecule has 3 heteroatoms. The maximum absolute atomic E-state index is 5.67. The number of allylic oxidation sites excluding steroid dienone is 5. The molecule has 2 aromatic rings. The number of hydrogen-bond donors (Lipinski definition) is 0. The molecular weight excluding hydrogens is 418 g/mol. The van der Waals surface area contributed by atoms with Crippen molar-refractivity contribution < 1.29 is 9.47 Å². The molecule has 0 heterocycles. The zero-order chi connectivity index (χ0) is 25.3. The standard InChI is InChI=1S/C31H43NO2/c1-10-13-14-26(17-22(4)11-2)27-15-16-29(24(6)18-27)32(21-23(5)12-3)28-19-30(33-8)25(7)31(20-28)34-9/h13-22H,10-12H2,1-9H3/b14-13+,23-21-,26-17+. The van der Waals surface area contributed by atoms with Crippen molar-refractivity contribution in [2.75, 3.05) is 19.1 Å². The number of benzene rings is 2. The summed E-state index contributed by atoms with van der Waals surface area (Å²) in [6.07, 6.45) is 12.2. The third-order valence-electron chi connectivity index (χ3n) is 6.35. The van der Waals surface area contributed by atoms with Crippen LogP contribution in [0, 0.1) is 19.8 Å². The van der Waals surface area contributed by atoms with E-state index in [9.17, 15) is 0 Å². The Balaban J connectivity index is 2.66. The highest BCUT2D eigenvalue weighted by Crippen LogP contribution is 2.39. The Morgan fingerprint density at radius 2 is 1.65 bits per heavy atom. The van der Waals surface area contributed by atoms with Crippen LogP contribution < -0.4 is 14.4 Å². The van der Waals surface area contributed by atoms with Crippen molar-refractivity contribution in [1.29, 1.82) is 0 Å². The van der Waals surface area contributed by atoms with Gasteiger partial charge in [-0.3, -0.25) is 0 Å². The first-order chi connectivity index (χ1) is 16.3. The number of aryl methyl sites for hydroxylation is 1. The highest BCUT2D eigenvalue weighted by molar-refractivity contribution is 5.79. The fourth-order valence-electron chi connectivity index (χ4n) is 3.83. The lowest BCUT2D eigenvalue weighted by Gasteiger charge is -2.26. The van der Waals surface area contributed by atoms with Crippen LogP contribution in [0.5, 0.6) is 11.5 Å². The SMILES string of the molecule is CC/C=C/C(=C\C(C)CC)c1ccc(N(/C=C(/C)CC)c2cc(OC)c(C)c(OC)c2)c(C)c1. The van der Waals surface area contributed by atoms with Crippen LogP contribution >= 0.6 is 0 Å². The zero-order valence-corrected chi connectivity index (χ0v) is 22.7. The first-order valence-corrected chi connectivity index (χ1v) is 12.5. The molecule has 0 saturated heterocycles. The van der Waals surface area contributed by atoms with Crippen LogP contribution in [0.3, 0.4) is 0 Å². The molecule has 0 aliphatic heterocycles. The number of nitrogens with zero attached hydrogens (tertiary/aromatic N) is 1. The molecule has 0 aliphatic rings. The predicted octanol–water partition coefficient (Wildman–Crippen LogP) is 9.17. The molecule has 3 nitrogen and oxygen atoms in total. The Kier molecular flexibility index (Phi) is 10.5. The number of anilines is 2. The molecule has 0 N–H and O–H groups in total. The normalized spacial score (nSPS) is 13.3. The maximum atomic E-state index is 5.67. The van der Waals surface area contributed by atoms with Crippen molar-refractivity contribution >= 4 is 16.9 Å². The Hall–Kier alpha value is -2.94. The zero-order valence-electron chi connectivity index (χ0n) is 22.7. The summed E-state index contributed by atoms with van der Waals surface area (Å²) in [5, 5.41) is 0. The summed E-state index contributed by atoms with van der Waals surface area (Å²) in [7, 11) is 3.41. The average molecular weight is 462 g/mol. The van der Waals surface area contributed by atoms with Crippen LogP contribution in [0.4, 0.5) is 11.4 Å². The molecular formula is C31H43NO2. The van der Waals surface area contributed by atoms with E-state index < -0.39 is 0 Å². The van der Waals surface area contributed by atoms with E-state index >= 15 is 0 Å². The van der Waals surface area contributed by atoms with Gasteiger partial charge in [0.15, 0.2) is 0 Å². The highest BCUT2D eigenvalue weighted by atomic mass is 16.5. The van der Waals surface area contributed by atoms with E-state index in [-0.39, 0.29) is 0 Å². The van der Waals surface area contributed by atoms with Gasteiger partial charge in [-0.15, -0.1) is 0 Å². The van der Waals surface area contributed by atoms with E-state index in [4.69, 9.17) is 9.47 Å². The Bertz CT molecular complexity index is 1020. The van der Waals surface area contributed by atoms with Gasteiger partial charge in [0.2, 0.25) is 0 Å². The number of ether oxygens (including phenoxy) is 2. The van der Waals surface area contributed by atoms with E-state index in [1.807, 2.05) is 6.92 Å². The van der Waals surface area contributed by atoms with Crippen LogP contribution in [0.15, 0.2) is 60.3 Å². The predicted molar refractivity (Wildman–Crippen MR) is 149 cm³/mol. The summed E-state index contributed by atoms with van der Waals surface area (Å²) in [4.78, 5) is 2.25. The largest absolute Gasteiger partial charge is 0.496 e. The molecule has 0 bridgehead atoms. The summed E-state index contributed by atoms with van der Waals surface area (Å²) in [5.41, 5.74) is 8.22. The van der Waals surface area contributed by atoms with Gasteiger partial charge in [-0.2, -0.15) is 0 Å². The smallest absolute Gasteiger partial charge is 0.127 e. The number of rotatable bonds is 11. The van der Waals surface area contributed by atoms with E-state index in [0.717, 1.165) is 47.7 Å². The van der Waals surface area contributed by atoms with Crippen LogP contribution in [0.25, 0.3) is 5.57 Å². The van der Waals surface area contributed by atoms with Gasteiger partial charge in [0, 0.05) is 29.6 Å². The molecule has 0 amide bonds. The lowest BCUT2D eigenvalue weighted by atomic mass is 9.96. The highest BCUT2D eigenvalue weighted by Gasteiger charge is 2.16. The van der Waals surface area contributed by atoms with Crippen molar-refractivity contribution in [2.45, 2.75) is 67.7 Å². The summed E-state index contributed by atoms with van der Waals surface area (Å²) in [6.45, 7) is 15.3. The van der Waals surface area contributed by atoms with Gasteiger partial charge >= 0.3 is 0 Å². The fraction of sp³-hybridized carbons (Fsp3) is 0.419. The first-order valence-electron chi connectivity index (χ1n) is 12.5. The average Bonchev–Trinajstić information content (AvgIpc) is 2.85. The van der Waals surface area contributed by atoms with Gasteiger partial charge < -0.3 is 14.4 Å². The first kappa shape index (κ1) is 27.3. The molecule has 34 heavy (non-hydrogen) atoms. The second-order valence-electron chi connectivity index (χ2n) is 8.99. The minimum absolute atomic E-state index is 0.538. The Labute approximate surface area is 207 Å². The molecule has 1 atom stereocenters. The second-order valence-corrected chi connectivity index (χ2v) is 8.99. The summed E-state index contributed by atoms with van der Waals surface area (Å²) < 4.78 is 11.3. The summed E-state index contributed by atoms with van der Waals surface area (Å²) in [5.74, 6) is 2.18. The van der Waals surface area contributed by atoms with Gasteiger partial charge in [-0.25, -0.2) is 0 Å². The third-order valence-corrected chi connectivity index (χ3v) is 6.35. The van der Waals surface area contributed by atoms with E-state index in [0.29, 0.717) is 5.92 Å². The molecule has 1 unspecified atom stereocenters. The Morgan fingerprint density at radius 3 is 2.15 bits per heavy atom. The summed E-state index contributed by atoms with van der Waals surface area (Å²) >= 11 is 0. The van der Waals surface area contributed by atoms with Crippen molar-refractivity contribution in [3.05, 3.63) is 77.0 Å². The molecule has 0 fully saturated rings. The quantitative estimate of drug-likeness (QED) is 0.311. The van der Waals surface area contributed by atoms with Gasteiger partial charge in [0.05, 0.1) is 19.9 Å². The summed E-state index contributed by atoms with van der Waals surface area (Å²) in [6, 6.07) is 10.9. The van der Waals surface area contributed by atoms with Crippen LogP contribution in [0.2, 0.25) is 0 Å². The molecule has 0 radical (unpaired) electrons. The van der Waals surface area contributed by atoms with Gasteiger partial charge in [0.1, 0.15) is 11.5 Å². The molecule has 2 aromatic carbocycles. The Morgan fingerprint density at radius 1 is 1.00 bits per heavy atom. The molecule has 0 spiro atoms. The van der Waals surface area contributed by atoms with E-state index in [1.165, 1.54) is 22.3 Å². The second kappa shape index (κ2) is 13.1. The van der Waals surface area contributed by atoms with Crippen molar-refractivity contribution in [3.63, 3.8) is 0 Å². The number of methoxy groups -OCH3 is 2. The van der Waals surface area contributed by atoms with Gasteiger partial charge in [-0.05, 0) is 68.4 Å². The molecule has 0 aliphatic carbocycles. The minimum Gasteiger partial charge on any atom is -0.496 e. The van der Waals surface area contributed by atoms with Crippen LogP contribution in [0.1, 0.15) is 70.6 Å². The topological polar surface area (TPSA) is 21.7 Å². The molecule has 0 saturated carbocycles. The molecule has 184 valence electrons. The minimum atomic E-state index is 0.538. The van der Waals surface area contributed by atoms with E-state index in [2.05, 4.69) is 101 Å². The van der Waals surface area contributed by atoms with Gasteiger partial charge in [0.25, 0.3) is 0 Å². The van der Waals surface area contributed by atoms with Crippen LogP contribution in [-0.4, -0.2) is 14.2 Å². The van der Waals surface area contributed by atoms with Gasteiger partial charge in [-0.1, -0.05) is 64.0 Å². The maximum Gasteiger partial charge on any atom is 0.127 e. The van der Waals surface area contributed by atoms with Crippen molar-refractivity contribution in [1.82, 2.24) is 0 Å². The van der Waals surface area contributed by atoms with Crippen molar-refractivity contribution in [3.8, 4) is 11.5 Å².